The predicted molar refractivity (Wildman–Crippen MR) is 126 cm³/mol. The number of phenols is 3. The van der Waals surface area contributed by atoms with Gasteiger partial charge >= 0.3 is 0 Å². The van der Waals surface area contributed by atoms with E-state index in [4.69, 9.17) is 0 Å². The van der Waals surface area contributed by atoms with Crippen LogP contribution in [0.15, 0.2) is 58.8 Å². The molecule has 0 aromatic heterocycles. The molecule has 0 fully saturated rings. The smallest absolute Gasteiger partial charge is 0.169 e. The van der Waals surface area contributed by atoms with Crippen molar-refractivity contribution < 1.29 is 20.1 Å². The Labute approximate surface area is 188 Å². The summed E-state index contributed by atoms with van der Waals surface area (Å²) in [7, 11) is 0. The maximum Gasteiger partial charge on any atom is 0.169 e. The second-order valence-electron chi connectivity index (χ2n) is 8.06. The Morgan fingerprint density at radius 1 is 0.875 bits per heavy atom. The second-order valence-corrected chi connectivity index (χ2v) is 8.06. The fourth-order valence-corrected chi connectivity index (χ4v) is 3.98. The third-order valence-electron chi connectivity index (χ3n) is 5.72. The molecular formula is C26H30N2O4. The molecule has 1 unspecified atom stereocenters. The number of benzene rings is 3. The summed E-state index contributed by atoms with van der Waals surface area (Å²) in [4.78, 5) is 11.3. The van der Waals surface area contributed by atoms with Gasteiger partial charge in [-0.2, -0.15) is 5.11 Å². The number of phenolic OH excluding ortho intramolecular Hbond substituents is 3. The Balaban J connectivity index is 1.88. The Morgan fingerprint density at radius 3 is 2.38 bits per heavy atom. The maximum absolute atomic E-state index is 11.3. The molecule has 32 heavy (non-hydrogen) atoms. The molecule has 0 radical (unpaired) electrons. The molecule has 0 aliphatic heterocycles. The Bertz CT molecular complexity index is 1090. The van der Waals surface area contributed by atoms with Crippen molar-refractivity contribution in [3.63, 3.8) is 0 Å². The van der Waals surface area contributed by atoms with Crippen LogP contribution in [0.25, 0.3) is 10.8 Å². The summed E-state index contributed by atoms with van der Waals surface area (Å²) >= 11 is 0. The monoisotopic (exact) mass is 434 g/mol. The summed E-state index contributed by atoms with van der Waals surface area (Å²) in [6.45, 7) is 2.15. The molecule has 0 amide bonds. The number of rotatable bonds is 11. The van der Waals surface area contributed by atoms with E-state index in [-0.39, 0.29) is 40.8 Å². The fraction of sp³-hybridized carbons (Fsp3) is 0.346. The van der Waals surface area contributed by atoms with Gasteiger partial charge in [-0.15, -0.1) is 5.11 Å². The minimum atomic E-state index is -0.374. The number of aldehydes is 1. The highest BCUT2D eigenvalue weighted by Crippen LogP contribution is 2.48. The standard InChI is InChI=1S/C26H30N2O4/c1-2-3-4-5-6-10-19(14-15-29)24-22(30)17-23(31)25(26(24)32)28-27-21-13-12-18-9-7-8-11-20(18)16-21/h7-9,11-13,15-17,19,30-32H,2-6,10,14H2,1H3. The van der Waals surface area contributed by atoms with E-state index in [9.17, 15) is 20.1 Å². The van der Waals surface area contributed by atoms with Crippen LogP contribution in [-0.2, 0) is 4.79 Å². The molecule has 3 N–H and O–H groups in total. The number of carbonyl (C=O) groups excluding carboxylic acids is 1. The molecule has 0 spiro atoms. The molecule has 0 saturated carbocycles. The van der Waals surface area contributed by atoms with Crippen LogP contribution in [0, 0.1) is 0 Å². The molecule has 3 rings (SSSR count). The Kier molecular flexibility index (Phi) is 8.20. The quantitative estimate of drug-likeness (QED) is 0.166. The lowest BCUT2D eigenvalue weighted by Gasteiger charge is -2.19. The molecule has 168 valence electrons. The van der Waals surface area contributed by atoms with Crippen molar-refractivity contribution in [1.29, 1.82) is 0 Å². The Morgan fingerprint density at radius 2 is 1.62 bits per heavy atom. The van der Waals surface area contributed by atoms with E-state index in [1.54, 1.807) is 6.07 Å². The van der Waals surface area contributed by atoms with Crippen LogP contribution in [0.5, 0.6) is 17.2 Å². The van der Waals surface area contributed by atoms with Crippen LogP contribution >= 0.6 is 0 Å². The zero-order valence-corrected chi connectivity index (χ0v) is 18.4. The lowest BCUT2D eigenvalue weighted by atomic mass is 9.88. The van der Waals surface area contributed by atoms with E-state index < -0.39 is 0 Å². The highest BCUT2D eigenvalue weighted by Gasteiger charge is 2.24. The fourth-order valence-electron chi connectivity index (χ4n) is 3.98. The van der Waals surface area contributed by atoms with Crippen molar-refractivity contribution >= 4 is 28.4 Å². The van der Waals surface area contributed by atoms with Gasteiger partial charge in [0.05, 0.1) is 5.69 Å². The van der Waals surface area contributed by atoms with Crippen LogP contribution in [0.3, 0.4) is 0 Å². The van der Waals surface area contributed by atoms with Crippen LogP contribution in [-0.4, -0.2) is 21.6 Å². The molecule has 6 nitrogen and oxygen atoms in total. The van der Waals surface area contributed by atoms with E-state index in [1.165, 1.54) is 0 Å². The van der Waals surface area contributed by atoms with E-state index in [2.05, 4.69) is 17.2 Å². The van der Waals surface area contributed by atoms with Gasteiger partial charge in [0, 0.05) is 18.1 Å². The minimum absolute atomic E-state index is 0.118. The Hall–Kier alpha value is -3.41. The van der Waals surface area contributed by atoms with Crippen molar-refractivity contribution in [2.24, 2.45) is 10.2 Å². The van der Waals surface area contributed by atoms with Crippen molar-refractivity contribution in [2.45, 2.75) is 57.8 Å². The van der Waals surface area contributed by atoms with Crippen LogP contribution in [0.2, 0.25) is 0 Å². The molecule has 0 saturated heterocycles. The predicted octanol–water partition coefficient (Wildman–Crippen LogP) is 7.41. The third-order valence-corrected chi connectivity index (χ3v) is 5.72. The van der Waals surface area contributed by atoms with Gasteiger partial charge in [0.25, 0.3) is 0 Å². The average molecular weight is 435 g/mol. The van der Waals surface area contributed by atoms with Gasteiger partial charge in [-0.1, -0.05) is 69.4 Å². The van der Waals surface area contributed by atoms with Gasteiger partial charge in [-0.25, -0.2) is 0 Å². The van der Waals surface area contributed by atoms with Crippen molar-refractivity contribution in [2.75, 3.05) is 0 Å². The zero-order chi connectivity index (χ0) is 22.9. The lowest BCUT2D eigenvalue weighted by Crippen LogP contribution is -2.02. The first-order chi connectivity index (χ1) is 15.5. The molecule has 0 bridgehead atoms. The summed E-state index contributed by atoms with van der Waals surface area (Å²) in [5.74, 6) is -1.32. The maximum atomic E-state index is 11.3. The summed E-state index contributed by atoms with van der Waals surface area (Å²) < 4.78 is 0. The van der Waals surface area contributed by atoms with E-state index in [0.717, 1.165) is 55.2 Å². The molecule has 0 aliphatic rings. The summed E-state index contributed by atoms with van der Waals surface area (Å²) in [5.41, 5.74) is 0.684. The van der Waals surface area contributed by atoms with Gasteiger partial charge in [0.15, 0.2) is 17.2 Å². The highest BCUT2D eigenvalue weighted by molar-refractivity contribution is 5.85. The average Bonchev–Trinajstić information content (AvgIpc) is 2.78. The summed E-state index contributed by atoms with van der Waals surface area (Å²) in [5, 5.41) is 41.9. The molecule has 0 aliphatic carbocycles. The molecule has 0 heterocycles. The summed E-state index contributed by atoms with van der Waals surface area (Å²) in [6, 6.07) is 14.6. The van der Waals surface area contributed by atoms with Gasteiger partial charge in [-0.05, 0) is 35.2 Å². The number of carbonyl (C=O) groups is 1. The van der Waals surface area contributed by atoms with Crippen LogP contribution in [0.4, 0.5) is 11.4 Å². The van der Waals surface area contributed by atoms with Gasteiger partial charge in [-0.3, -0.25) is 0 Å². The second kappa shape index (κ2) is 11.3. The minimum Gasteiger partial charge on any atom is -0.507 e. The van der Waals surface area contributed by atoms with Crippen LogP contribution < -0.4 is 0 Å². The molecule has 6 heteroatoms. The topological polar surface area (TPSA) is 102 Å². The normalized spacial score (nSPS) is 12.4. The molecule has 1 atom stereocenters. The number of hydrogen-bond donors (Lipinski definition) is 3. The van der Waals surface area contributed by atoms with E-state index in [0.29, 0.717) is 12.1 Å². The van der Waals surface area contributed by atoms with Crippen LogP contribution in [0.1, 0.15) is 63.4 Å². The highest BCUT2D eigenvalue weighted by atomic mass is 16.3. The van der Waals surface area contributed by atoms with Crippen molar-refractivity contribution in [3.8, 4) is 17.2 Å². The number of fused-ring (bicyclic) bond motifs is 1. The van der Waals surface area contributed by atoms with Crippen molar-refractivity contribution in [1.82, 2.24) is 0 Å². The first-order valence-electron chi connectivity index (χ1n) is 11.2. The lowest BCUT2D eigenvalue weighted by molar-refractivity contribution is -0.108. The van der Waals surface area contributed by atoms with Gasteiger partial charge < -0.3 is 20.1 Å². The van der Waals surface area contributed by atoms with E-state index in [1.807, 2.05) is 36.4 Å². The molecular weight excluding hydrogens is 404 g/mol. The SMILES string of the molecule is CCCCCCCC(CC=O)c1c(O)cc(O)c(N=Nc2ccc3ccccc3c2)c1O. The molecule has 3 aromatic carbocycles. The number of aromatic hydroxyl groups is 3. The van der Waals surface area contributed by atoms with Gasteiger partial charge in [0.1, 0.15) is 12.0 Å². The first kappa shape index (κ1) is 23.3. The van der Waals surface area contributed by atoms with E-state index >= 15 is 0 Å². The largest absolute Gasteiger partial charge is 0.507 e. The molecule has 3 aromatic rings. The first-order valence-corrected chi connectivity index (χ1v) is 11.2. The summed E-state index contributed by atoms with van der Waals surface area (Å²) in [6.07, 6.45) is 6.93. The van der Waals surface area contributed by atoms with Crippen molar-refractivity contribution in [3.05, 3.63) is 54.1 Å². The number of azo groups is 1. The number of nitrogens with zero attached hydrogens (tertiary/aromatic N) is 2. The van der Waals surface area contributed by atoms with Gasteiger partial charge in [0.2, 0.25) is 0 Å². The number of hydrogen-bond acceptors (Lipinski definition) is 6. The number of unbranched alkanes of at least 4 members (excludes halogenated alkanes) is 4. The third kappa shape index (κ3) is 5.63. The zero-order valence-electron chi connectivity index (χ0n) is 18.4.